The molecule has 0 saturated carbocycles. The van der Waals surface area contributed by atoms with Crippen LogP contribution in [0.1, 0.15) is 13.8 Å². The maximum Gasteiger partial charge on any atom is 0.0445 e. The third-order valence-electron chi connectivity index (χ3n) is 1.02. The van der Waals surface area contributed by atoms with Gasteiger partial charge < -0.3 is 0 Å². The van der Waals surface area contributed by atoms with Gasteiger partial charge in [0.05, 0.1) is 0 Å². The second-order valence-corrected chi connectivity index (χ2v) is 9.69. The number of hydrogen-bond donors (Lipinski definition) is 0. The summed E-state index contributed by atoms with van der Waals surface area (Å²) < 4.78 is 0. The Labute approximate surface area is 54.3 Å². The van der Waals surface area contributed by atoms with Gasteiger partial charge in [-0.05, 0) is 5.92 Å². The van der Waals surface area contributed by atoms with Crippen LogP contribution >= 0.6 is 0 Å². The van der Waals surface area contributed by atoms with Crippen LogP contribution in [-0.2, 0) is 0 Å². The minimum absolute atomic E-state index is 0.720. The molecule has 0 aliphatic heterocycles. The molecule has 0 heterocycles. The molecule has 0 aliphatic rings. The molecule has 0 saturated heterocycles. The summed E-state index contributed by atoms with van der Waals surface area (Å²) in [6.07, 6.45) is 0. The molecule has 0 rings (SSSR count). The summed E-state index contributed by atoms with van der Waals surface area (Å²) in [5.41, 5.74) is 0. The van der Waals surface area contributed by atoms with Crippen LogP contribution in [0.4, 0.5) is 0 Å². The molecule has 50 valence electrons. The highest BCUT2D eigenvalue weighted by atomic mass is 28.3. The van der Waals surface area contributed by atoms with E-state index in [1.165, 1.54) is 6.04 Å². The normalized spacial score (nSPS) is 12.8. The summed E-state index contributed by atoms with van der Waals surface area (Å²) in [5, 5.41) is 0. The van der Waals surface area contributed by atoms with Crippen molar-refractivity contribution in [2.24, 2.45) is 5.92 Å². The third-order valence-corrected chi connectivity index (χ3v) is 3.06. The van der Waals surface area contributed by atoms with Gasteiger partial charge in [0.15, 0.2) is 0 Å². The van der Waals surface area contributed by atoms with Gasteiger partial charge in [-0.25, -0.2) is 0 Å². The first-order chi connectivity index (χ1) is 3.42. The maximum atomic E-state index is 2.42. The molecule has 0 bridgehead atoms. The van der Waals surface area contributed by atoms with Crippen LogP contribution in [0.2, 0.25) is 25.7 Å². The minimum atomic E-state index is -0.720. The Morgan fingerprint density at radius 2 is 1.50 bits per heavy atom. The molecule has 0 spiro atoms. The second kappa shape index (κ2) is 2.67. The fourth-order valence-electron chi connectivity index (χ4n) is 1.22. The molecule has 1 heteroatoms. The second-order valence-electron chi connectivity index (χ2n) is 4.16. The predicted molar refractivity (Wildman–Crippen MR) is 43.0 cm³/mol. The van der Waals surface area contributed by atoms with E-state index in [0.717, 1.165) is 5.92 Å². The van der Waals surface area contributed by atoms with Crippen molar-refractivity contribution in [2.45, 2.75) is 39.5 Å². The van der Waals surface area contributed by atoms with E-state index in [1.807, 2.05) is 0 Å². The smallest absolute Gasteiger partial charge is 0.0445 e. The lowest BCUT2D eigenvalue weighted by molar-refractivity contribution is 0.721. The zero-order chi connectivity index (χ0) is 6.78. The molecule has 0 atom stereocenters. The molecule has 0 nitrogen and oxygen atoms in total. The molecule has 8 heavy (non-hydrogen) atoms. The first-order valence-corrected chi connectivity index (χ1v) is 7.12. The van der Waals surface area contributed by atoms with Gasteiger partial charge in [-0.3, -0.25) is 0 Å². The largest absolute Gasteiger partial charge is 0.0695 e. The van der Waals surface area contributed by atoms with E-state index in [9.17, 15) is 0 Å². The fourth-order valence-corrected chi connectivity index (χ4v) is 3.67. The molecular weight excluding hydrogens is 112 g/mol. The van der Waals surface area contributed by atoms with Gasteiger partial charge in [0, 0.05) is 8.07 Å². The Morgan fingerprint density at radius 1 is 1.12 bits per heavy atom. The molecule has 0 aromatic heterocycles. The SMILES string of the molecule is CC(C)C[Si](C)(C)C. The average molecular weight is 130 g/mol. The van der Waals surface area contributed by atoms with Crippen LogP contribution in [0.5, 0.6) is 0 Å². The van der Waals surface area contributed by atoms with E-state index in [-0.39, 0.29) is 0 Å². The quantitative estimate of drug-likeness (QED) is 0.504. The first-order valence-electron chi connectivity index (χ1n) is 3.42. The highest BCUT2D eigenvalue weighted by molar-refractivity contribution is 6.76. The highest BCUT2D eigenvalue weighted by Crippen LogP contribution is 2.14. The van der Waals surface area contributed by atoms with Crippen molar-refractivity contribution >= 4 is 8.07 Å². The Bertz CT molecular complexity index is 59.3. The number of rotatable bonds is 2. The number of hydrogen-bond acceptors (Lipinski definition) is 0. The van der Waals surface area contributed by atoms with Gasteiger partial charge in [0.1, 0.15) is 0 Å². The van der Waals surface area contributed by atoms with Gasteiger partial charge in [-0.1, -0.05) is 39.5 Å². The molecular formula is C7H18Si. The summed E-state index contributed by atoms with van der Waals surface area (Å²) in [6, 6.07) is 1.47. The van der Waals surface area contributed by atoms with Crippen molar-refractivity contribution in [2.75, 3.05) is 0 Å². The van der Waals surface area contributed by atoms with Crippen molar-refractivity contribution < 1.29 is 0 Å². The van der Waals surface area contributed by atoms with Gasteiger partial charge in [0.2, 0.25) is 0 Å². The Hall–Kier alpha value is 0.217. The standard InChI is InChI=1S/C7H18Si/c1-7(2)6-8(3,4)5/h7H,6H2,1-5H3. The molecule has 0 unspecified atom stereocenters. The van der Waals surface area contributed by atoms with Gasteiger partial charge in [0.25, 0.3) is 0 Å². The molecule has 0 N–H and O–H groups in total. The zero-order valence-corrected chi connectivity index (χ0v) is 7.78. The lowest BCUT2D eigenvalue weighted by atomic mass is 10.3. The van der Waals surface area contributed by atoms with E-state index in [4.69, 9.17) is 0 Å². The van der Waals surface area contributed by atoms with Crippen molar-refractivity contribution in [3.05, 3.63) is 0 Å². The summed E-state index contributed by atoms with van der Waals surface area (Å²) in [6.45, 7) is 11.9. The summed E-state index contributed by atoms with van der Waals surface area (Å²) >= 11 is 0. The van der Waals surface area contributed by atoms with Crippen LogP contribution in [0.25, 0.3) is 0 Å². The first kappa shape index (κ1) is 8.22. The van der Waals surface area contributed by atoms with Crippen molar-refractivity contribution in [1.29, 1.82) is 0 Å². The van der Waals surface area contributed by atoms with E-state index < -0.39 is 8.07 Å². The fraction of sp³-hybridized carbons (Fsp3) is 1.00. The molecule has 0 amide bonds. The van der Waals surface area contributed by atoms with Crippen LogP contribution in [0.3, 0.4) is 0 Å². The van der Waals surface area contributed by atoms with Crippen LogP contribution in [-0.4, -0.2) is 8.07 Å². The van der Waals surface area contributed by atoms with Crippen LogP contribution in [0.15, 0.2) is 0 Å². The van der Waals surface area contributed by atoms with E-state index in [2.05, 4.69) is 33.5 Å². The maximum absolute atomic E-state index is 2.42. The molecule has 0 fully saturated rings. The van der Waals surface area contributed by atoms with Crippen molar-refractivity contribution in [3.8, 4) is 0 Å². The molecule has 0 aliphatic carbocycles. The van der Waals surface area contributed by atoms with Crippen LogP contribution in [0, 0.1) is 5.92 Å². The molecule has 0 aromatic rings. The average Bonchev–Trinajstić information content (AvgIpc) is 1.21. The van der Waals surface area contributed by atoms with Gasteiger partial charge in [-0.15, -0.1) is 0 Å². The lowest BCUT2D eigenvalue weighted by Crippen LogP contribution is -2.21. The Kier molecular flexibility index (Phi) is 2.74. The van der Waals surface area contributed by atoms with Crippen LogP contribution < -0.4 is 0 Å². The summed E-state index contributed by atoms with van der Waals surface area (Å²) in [4.78, 5) is 0. The molecule has 0 aromatic carbocycles. The third kappa shape index (κ3) is 6.22. The van der Waals surface area contributed by atoms with Gasteiger partial charge in [-0.2, -0.15) is 0 Å². The monoisotopic (exact) mass is 130 g/mol. The molecule has 0 radical (unpaired) electrons. The zero-order valence-electron chi connectivity index (χ0n) is 6.78. The topological polar surface area (TPSA) is 0 Å². The predicted octanol–water partition coefficient (Wildman–Crippen LogP) is 2.98. The Morgan fingerprint density at radius 3 is 1.50 bits per heavy atom. The van der Waals surface area contributed by atoms with E-state index >= 15 is 0 Å². The lowest BCUT2D eigenvalue weighted by Gasteiger charge is -2.17. The summed E-state index contributed by atoms with van der Waals surface area (Å²) in [5.74, 6) is 0.904. The van der Waals surface area contributed by atoms with Crippen molar-refractivity contribution in [1.82, 2.24) is 0 Å². The minimum Gasteiger partial charge on any atom is -0.0695 e. The van der Waals surface area contributed by atoms with E-state index in [0.29, 0.717) is 0 Å². The van der Waals surface area contributed by atoms with E-state index in [1.54, 1.807) is 0 Å². The Balaban J connectivity index is 3.39. The van der Waals surface area contributed by atoms with Gasteiger partial charge >= 0.3 is 0 Å². The highest BCUT2D eigenvalue weighted by Gasteiger charge is 2.13. The van der Waals surface area contributed by atoms with Crippen molar-refractivity contribution in [3.63, 3.8) is 0 Å². The summed E-state index contributed by atoms with van der Waals surface area (Å²) in [7, 11) is -0.720.